The highest BCUT2D eigenvalue weighted by atomic mass is 35.5. The molecule has 0 atom stereocenters. The van der Waals surface area contributed by atoms with Gasteiger partial charge in [-0.25, -0.2) is 4.79 Å². The third-order valence-corrected chi connectivity index (χ3v) is 6.18. The molecular formula is C24H25ClN4O3. The maximum Gasteiger partial charge on any atom is 0.352 e. The first kappa shape index (κ1) is 22.0. The zero-order valence-electron chi connectivity index (χ0n) is 17.9. The van der Waals surface area contributed by atoms with Crippen LogP contribution < -0.4 is 11.2 Å². The average molecular weight is 453 g/mol. The molecule has 0 unspecified atom stereocenters. The van der Waals surface area contributed by atoms with Crippen LogP contribution >= 0.6 is 11.6 Å². The predicted molar refractivity (Wildman–Crippen MR) is 124 cm³/mol. The van der Waals surface area contributed by atoms with Crippen molar-refractivity contribution in [2.24, 2.45) is 0 Å². The lowest BCUT2D eigenvalue weighted by atomic mass is 9.94. The number of benzene rings is 2. The van der Waals surface area contributed by atoms with Gasteiger partial charge in [-0.15, -0.1) is 0 Å². The van der Waals surface area contributed by atoms with Crippen LogP contribution in [0.2, 0.25) is 5.02 Å². The number of aromatic nitrogens is 3. The summed E-state index contributed by atoms with van der Waals surface area (Å²) in [6.07, 6.45) is 5.05. The van der Waals surface area contributed by atoms with Gasteiger partial charge < -0.3 is 4.90 Å². The SMILES string of the molecule is CN(C(=O)c1nn(-c2cccc(Cl)c2)c(=O)n(Cc2ccccc2)c1=O)C1CCCCC1. The lowest BCUT2D eigenvalue weighted by Gasteiger charge is -2.30. The number of hydrogen-bond donors (Lipinski definition) is 0. The van der Waals surface area contributed by atoms with E-state index in [9.17, 15) is 14.4 Å². The molecule has 0 aliphatic heterocycles. The van der Waals surface area contributed by atoms with Gasteiger partial charge in [0.1, 0.15) is 0 Å². The summed E-state index contributed by atoms with van der Waals surface area (Å²) in [5.74, 6) is -0.473. The molecule has 8 heteroatoms. The monoisotopic (exact) mass is 452 g/mol. The van der Waals surface area contributed by atoms with Crippen LogP contribution in [0.4, 0.5) is 0 Å². The van der Waals surface area contributed by atoms with Gasteiger partial charge in [-0.1, -0.05) is 67.3 Å². The fourth-order valence-electron chi connectivity index (χ4n) is 4.13. The number of carbonyl (C=O) groups is 1. The van der Waals surface area contributed by atoms with E-state index in [1.54, 1.807) is 36.2 Å². The topological polar surface area (TPSA) is 77.2 Å². The lowest BCUT2D eigenvalue weighted by molar-refractivity contribution is 0.0684. The molecule has 166 valence electrons. The molecule has 1 aromatic heterocycles. The van der Waals surface area contributed by atoms with Gasteiger partial charge in [0.05, 0.1) is 12.2 Å². The second-order valence-corrected chi connectivity index (χ2v) is 8.54. The molecule has 7 nitrogen and oxygen atoms in total. The number of halogens is 1. The highest BCUT2D eigenvalue weighted by molar-refractivity contribution is 6.30. The van der Waals surface area contributed by atoms with Crippen LogP contribution in [0.25, 0.3) is 5.69 Å². The minimum Gasteiger partial charge on any atom is -0.337 e. The Morgan fingerprint density at radius 3 is 2.47 bits per heavy atom. The Morgan fingerprint density at radius 1 is 1.06 bits per heavy atom. The number of hydrogen-bond acceptors (Lipinski definition) is 4. The second kappa shape index (κ2) is 9.53. The third-order valence-electron chi connectivity index (χ3n) is 5.94. The van der Waals surface area contributed by atoms with Gasteiger partial charge in [-0.05, 0) is 36.6 Å². The highest BCUT2D eigenvalue weighted by Gasteiger charge is 2.28. The smallest absolute Gasteiger partial charge is 0.337 e. The van der Waals surface area contributed by atoms with Crippen molar-refractivity contribution >= 4 is 17.5 Å². The lowest BCUT2D eigenvalue weighted by Crippen LogP contribution is -2.48. The predicted octanol–water partition coefficient (Wildman–Crippen LogP) is 3.50. The van der Waals surface area contributed by atoms with E-state index in [1.807, 2.05) is 30.3 Å². The van der Waals surface area contributed by atoms with E-state index in [1.165, 1.54) is 0 Å². The van der Waals surface area contributed by atoms with Crippen LogP contribution in [0, 0.1) is 0 Å². The molecule has 1 amide bonds. The molecule has 1 saturated carbocycles. The Bertz CT molecular complexity index is 1230. The van der Waals surface area contributed by atoms with Crippen molar-refractivity contribution in [1.29, 1.82) is 0 Å². The van der Waals surface area contributed by atoms with Crippen LogP contribution in [-0.2, 0) is 6.54 Å². The van der Waals surface area contributed by atoms with Crippen molar-refractivity contribution in [1.82, 2.24) is 19.2 Å². The van der Waals surface area contributed by atoms with Gasteiger partial charge >= 0.3 is 5.69 Å². The number of carbonyl (C=O) groups excluding carboxylic acids is 1. The summed E-state index contributed by atoms with van der Waals surface area (Å²) < 4.78 is 2.14. The number of nitrogens with zero attached hydrogens (tertiary/aromatic N) is 4. The van der Waals surface area contributed by atoms with Crippen molar-refractivity contribution in [3.63, 3.8) is 0 Å². The first-order valence-corrected chi connectivity index (χ1v) is 11.1. The molecule has 0 saturated heterocycles. The highest BCUT2D eigenvalue weighted by Crippen LogP contribution is 2.22. The molecule has 0 N–H and O–H groups in total. The Kier molecular flexibility index (Phi) is 6.55. The van der Waals surface area contributed by atoms with E-state index in [0.717, 1.165) is 46.9 Å². The van der Waals surface area contributed by atoms with Crippen molar-refractivity contribution in [3.8, 4) is 5.69 Å². The van der Waals surface area contributed by atoms with E-state index in [4.69, 9.17) is 11.6 Å². The van der Waals surface area contributed by atoms with Gasteiger partial charge in [0.25, 0.3) is 11.5 Å². The number of amides is 1. The third kappa shape index (κ3) is 4.53. The molecule has 1 fully saturated rings. The average Bonchev–Trinajstić information content (AvgIpc) is 2.82. The summed E-state index contributed by atoms with van der Waals surface area (Å²) in [6.45, 7) is 0.0367. The Labute approximate surface area is 190 Å². The molecule has 0 spiro atoms. The van der Waals surface area contributed by atoms with Crippen molar-refractivity contribution < 1.29 is 4.79 Å². The van der Waals surface area contributed by atoms with Crippen LogP contribution in [0.1, 0.15) is 48.2 Å². The molecule has 0 radical (unpaired) electrons. The van der Waals surface area contributed by atoms with E-state index in [2.05, 4.69) is 5.10 Å². The van der Waals surface area contributed by atoms with E-state index < -0.39 is 17.2 Å². The molecule has 2 aromatic carbocycles. The molecule has 1 aliphatic rings. The van der Waals surface area contributed by atoms with E-state index in [-0.39, 0.29) is 18.3 Å². The van der Waals surface area contributed by atoms with Gasteiger partial charge in [-0.2, -0.15) is 9.78 Å². The summed E-state index contributed by atoms with van der Waals surface area (Å²) in [5, 5.41) is 4.64. The second-order valence-electron chi connectivity index (χ2n) is 8.11. The minimum absolute atomic E-state index is 0.0367. The van der Waals surface area contributed by atoms with Crippen molar-refractivity contribution in [2.75, 3.05) is 7.05 Å². The molecule has 4 rings (SSSR count). The molecule has 1 aliphatic carbocycles. The van der Waals surface area contributed by atoms with E-state index >= 15 is 0 Å². The number of rotatable bonds is 5. The largest absolute Gasteiger partial charge is 0.352 e. The van der Waals surface area contributed by atoms with Crippen LogP contribution in [0.15, 0.2) is 64.2 Å². The quantitative estimate of drug-likeness (QED) is 0.593. The standard InChI is InChI=1S/C24H25ClN4O3/c1-27(19-12-6-3-7-13-19)22(30)21-23(31)28(16-17-9-4-2-5-10-17)24(32)29(26-21)20-14-8-11-18(25)15-20/h2,4-5,8-11,14-15,19H,3,6-7,12-13,16H2,1H3. The molecule has 3 aromatic rings. The van der Waals surface area contributed by atoms with Gasteiger partial charge in [-0.3, -0.25) is 14.2 Å². The summed E-state index contributed by atoms with van der Waals surface area (Å²) in [7, 11) is 1.70. The van der Waals surface area contributed by atoms with Crippen LogP contribution in [0.3, 0.4) is 0 Å². The summed E-state index contributed by atoms with van der Waals surface area (Å²) in [6, 6.07) is 15.8. The zero-order valence-corrected chi connectivity index (χ0v) is 18.7. The summed E-state index contributed by atoms with van der Waals surface area (Å²) in [4.78, 5) is 41.5. The maximum atomic E-state index is 13.3. The zero-order chi connectivity index (χ0) is 22.7. The van der Waals surface area contributed by atoms with Gasteiger partial charge in [0.15, 0.2) is 0 Å². The molecular weight excluding hydrogens is 428 g/mol. The molecule has 32 heavy (non-hydrogen) atoms. The summed E-state index contributed by atoms with van der Waals surface area (Å²) >= 11 is 6.12. The fourth-order valence-corrected chi connectivity index (χ4v) is 4.32. The van der Waals surface area contributed by atoms with Gasteiger partial charge in [0.2, 0.25) is 5.69 Å². The van der Waals surface area contributed by atoms with Gasteiger partial charge in [0, 0.05) is 18.1 Å². The fraction of sp³-hybridized carbons (Fsp3) is 0.333. The first-order chi connectivity index (χ1) is 15.5. The molecule has 0 bridgehead atoms. The van der Waals surface area contributed by atoms with Crippen LogP contribution in [0.5, 0.6) is 0 Å². The Balaban J connectivity index is 1.84. The Hall–Kier alpha value is -3.19. The maximum absolute atomic E-state index is 13.3. The Morgan fingerprint density at radius 2 is 1.78 bits per heavy atom. The first-order valence-electron chi connectivity index (χ1n) is 10.8. The van der Waals surface area contributed by atoms with Crippen molar-refractivity contribution in [3.05, 3.63) is 91.7 Å². The minimum atomic E-state index is -0.690. The summed E-state index contributed by atoms with van der Waals surface area (Å²) in [5.41, 5.74) is -0.426. The van der Waals surface area contributed by atoms with Crippen molar-refractivity contribution in [2.45, 2.75) is 44.7 Å². The van der Waals surface area contributed by atoms with E-state index in [0.29, 0.717) is 10.7 Å². The normalized spacial score (nSPS) is 14.3. The van der Waals surface area contributed by atoms with Crippen LogP contribution in [-0.4, -0.2) is 38.2 Å². The molecule has 1 heterocycles.